The van der Waals surface area contributed by atoms with Gasteiger partial charge >= 0.3 is 0 Å². The standard InChI is InChI=1S/C16H16BrNOS/c1-11-3-9-15(10-4-11)20-12(2)16(19)18-14-7-5-13(17)6-8-14/h3-10,12H,1-2H3,(H,18,19)/t12-/m0/s1. The van der Waals surface area contributed by atoms with Crippen LogP contribution in [0.1, 0.15) is 12.5 Å². The fourth-order valence-corrected chi connectivity index (χ4v) is 2.78. The van der Waals surface area contributed by atoms with Gasteiger partial charge in [0, 0.05) is 15.1 Å². The highest BCUT2D eigenvalue weighted by molar-refractivity contribution is 9.10. The summed E-state index contributed by atoms with van der Waals surface area (Å²) in [7, 11) is 0. The predicted molar refractivity (Wildman–Crippen MR) is 89.3 cm³/mol. The first kappa shape index (κ1) is 15.1. The zero-order valence-corrected chi connectivity index (χ0v) is 13.8. The minimum Gasteiger partial charge on any atom is -0.325 e. The normalized spacial score (nSPS) is 11.9. The van der Waals surface area contributed by atoms with Crippen molar-refractivity contribution in [3.8, 4) is 0 Å². The molecule has 1 atom stereocenters. The number of benzene rings is 2. The van der Waals surface area contributed by atoms with Crippen LogP contribution in [0.4, 0.5) is 5.69 Å². The van der Waals surface area contributed by atoms with Gasteiger partial charge in [-0.05, 0) is 50.2 Å². The van der Waals surface area contributed by atoms with Crippen molar-refractivity contribution < 1.29 is 4.79 Å². The molecule has 0 aliphatic heterocycles. The maximum atomic E-state index is 12.1. The molecule has 0 spiro atoms. The smallest absolute Gasteiger partial charge is 0.237 e. The van der Waals surface area contributed by atoms with Crippen molar-refractivity contribution in [3.63, 3.8) is 0 Å². The maximum Gasteiger partial charge on any atom is 0.237 e. The molecule has 0 bridgehead atoms. The van der Waals surface area contributed by atoms with Crippen molar-refractivity contribution in [1.82, 2.24) is 0 Å². The van der Waals surface area contributed by atoms with E-state index >= 15 is 0 Å². The Bertz CT molecular complexity index is 580. The van der Waals surface area contributed by atoms with Crippen molar-refractivity contribution >= 4 is 39.3 Å². The number of anilines is 1. The summed E-state index contributed by atoms with van der Waals surface area (Å²) in [5.74, 6) is 0.0119. The highest BCUT2D eigenvalue weighted by Crippen LogP contribution is 2.24. The van der Waals surface area contributed by atoms with Crippen LogP contribution in [0.2, 0.25) is 0 Å². The molecule has 0 aromatic heterocycles. The number of nitrogens with one attached hydrogen (secondary N) is 1. The summed E-state index contributed by atoms with van der Waals surface area (Å²) < 4.78 is 0.998. The van der Waals surface area contributed by atoms with Gasteiger partial charge in [-0.25, -0.2) is 0 Å². The number of carbonyl (C=O) groups is 1. The number of amides is 1. The fraction of sp³-hybridized carbons (Fsp3) is 0.188. The summed E-state index contributed by atoms with van der Waals surface area (Å²) in [5.41, 5.74) is 2.04. The van der Waals surface area contributed by atoms with Crippen LogP contribution < -0.4 is 5.32 Å². The Morgan fingerprint density at radius 1 is 1.10 bits per heavy atom. The van der Waals surface area contributed by atoms with E-state index in [9.17, 15) is 4.79 Å². The van der Waals surface area contributed by atoms with E-state index in [-0.39, 0.29) is 11.2 Å². The Labute approximate surface area is 132 Å². The SMILES string of the molecule is Cc1ccc(S[C@@H](C)C(=O)Nc2ccc(Br)cc2)cc1. The van der Waals surface area contributed by atoms with E-state index in [0.29, 0.717) is 0 Å². The predicted octanol–water partition coefficient (Wildman–Crippen LogP) is 4.88. The number of halogens is 1. The van der Waals surface area contributed by atoms with E-state index in [0.717, 1.165) is 15.1 Å². The number of rotatable bonds is 4. The van der Waals surface area contributed by atoms with Gasteiger partial charge in [0.05, 0.1) is 5.25 Å². The van der Waals surface area contributed by atoms with Crippen LogP contribution >= 0.6 is 27.7 Å². The molecule has 0 saturated heterocycles. The highest BCUT2D eigenvalue weighted by Gasteiger charge is 2.14. The molecule has 2 nitrogen and oxygen atoms in total. The molecule has 0 saturated carbocycles. The van der Waals surface area contributed by atoms with Crippen LogP contribution in [0.15, 0.2) is 57.9 Å². The summed E-state index contributed by atoms with van der Waals surface area (Å²) in [6.07, 6.45) is 0. The second-order valence-corrected chi connectivity index (χ2v) is 6.90. The molecule has 0 radical (unpaired) electrons. The molecule has 2 aromatic carbocycles. The molecule has 0 aliphatic carbocycles. The van der Waals surface area contributed by atoms with Gasteiger partial charge in [-0.15, -0.1) is 11.8 Å². The molecule has 20 heavy (non-hydrogen) atoms. The van der Waals surface area contributed by atoms with Crippen LogP contribution in [-0.4, -0.2) is 11.2 Å². The zero-order valence-electron chi connectivity index (χ0n) is 11.4. The lowest BCUT2D eigenvalue weighted by Gasteiger charge is -2.12. The molecular weight excluding hydrogens is 334 g/mol. The molecule has 4 heteroatoms. The molecule has 0 unspecified atom stereocenters. The molecule has 0 heterocycles. The lowest BCUT2D eigenvalue weighted by Crippen LogP contribution is -2.22. The van der Waals surface area contributed by atoms with Crippen molar-refractivity contribution in [2.24, 2.45) is 0 Å². The highest BCUT2D eigenvalue weighted by atomic mass is 79.9. The van der Waals surface area contributed by atoms with E-state index in [1.807, 2.05) is 43.3 Å². The van der Waals surface area contributed by atoms with Gasteiger partial charge in [0.1, 0.15) is 0 Å². The summed E-state index contributed by atoms with van der Waals surface area (Å²) in [4.78, 5) is 13.2. The molecular formula is C16H16BrNOS. The molecule has 104 valence electrons. The lowest BCUT2D eigenvalue weighted by atomic mass is 10.2. The third-order valence-corrected chi connectivity index (χ3v) is 4.46. The van der Waals surface area contributed by atoms with Gasteiger partial charge in [-0.1, -0.05) is 33.6 Å². The van der Waals surface area contributed by atoms with Crippen molar-refractivity contribution in [3.05, 3.63) is 58.6 Å². The number of aryl methyl sites for hydroxylation is 1. The van der Waals surface area contributed by atoms with Crippen LogP contribution in [0.3, 0.4) is 0 Å². The van der Waals surface area contributed by atoms with Gasteiger partial charge in [0.15, 0.2) is 0 Å². The average molecular weight is 350 g/mol. The summed E-state index contributed by atoms with van der Waals surface area (Å²) in [6.45, 7) is 3.97. The van der Waals surface area contributed by atoms with Crippen LogP contribution in [0.5, 0.6) is 0 Å². The van der Waals surface area contributed by atoms with Gasteiger partial charge < -0.3 is 5.32 Å². The number of thioether (sulfide) groups is 1. The molecule has 0 fully saturated rings. The topological polar surface area (TPSA) is 29.1 Å². The second kappa shape index (κ2) is 6.95. The fourth-order valence-electron chi connectivity index (χ4n) is 1.65. The first-order valence-corrected chi connectivity index (χ1v) is 8.01. The number of hydrogen-bond donors (Lipinski definition) is 1. The maximum absolute atomic E-state index is 12.1. The summed E-state index contributed by atoms with van der Waals surface area (Å²) in [5, 5.41) is 2.78. The van der Waals surface area contributed by atoms with Crippen LogP contribution in [0, 0.1) is 6.92 Å². The van der Waals surface area contributed by atoms with E-state index in [1.165, 1.54) is 5.56 Å². The zero-order chi connectivity index (χ0) is 14.5. The van der Waals surface area contributed by atoms with Crippen LogP contribution in [0.25, 0.3) is 0 Å². The summed E-state index contributed by atoms with van der Waals surface area (Å²) in [6, 6.07) is 15.8. The average Bonchev–Trinajstić information content (AvgIpc) is 2.44. The summed E-state index contributed by atoms with van der Waals surface area (Å²) >= 11 is 4.94. The molecule has 1 amide bonds. The van der Waals surface area contributed by atoms with Crippen molar-refractivity contribution in [2.75, 3.05) is 5.32 Å². The Hall–Kier alpha value is -1.26. The van der Waals surface area contributed by atoms with Crippen molar-refractivity contribution in [1.29, 1.82) is 0 Å². The van der Waals surface area contributed by atoms with Gasteiger partial charge in [-0.2, -0.15) is 0 Å². The minimum absolute atomic E-state index is 0.0119. The first-order chi connectivity index (χ1) is 9.54. The van der Waals surface area contributed by atoms with E-state index in [4.69, 9.17) is 0 Å². The van der Waals surface area contributed by atoms with Gasteiger partial charge in [-0.3, -0.25) is 4.79 Å². The van der Waals surface area contributed by atoms with Crippen LogP contribution in [-0.2, 0) is 4.79 Å². The molecule has 2 rings (SSSR count). The largest absolute Gasteiger partial charge is 0.325 e. The Kier molecular flexibility index (Phi) is 5.26. The lowest BCUT2D eigenvalue weighted by molar-refractivity contribution is -0.115. The van der Waals surface area contributed by atoms with Gasteiger partial charge in [0.25, 0.3) is 0 Å². The minimum atomic E-state index is -0.138. The first-order valence-electron chi connectivity index (χ1n) is 6.34. The molecule has 0 aliphatic rings. The van der Waals surface area contributed by atoms with E-state index < -0.39 is 0 Å². The molecule has 1 N–H and O–H groups in total. The van der Waals surface area contributed by atoms with E-state index in [1.54, 1.807) is 11.8 Å². The quantitative estimate of drug-likeness (QED) is 0.797. The van der Waals surface area contributed by atoms with Crippen molar-refractivity contribution in [2.45, 2.75) is 24.0 Å². The Morgan fingerprint density at radius 2 is 1.70 bits per heavy atom. The third-order valence-electron chi connectivity index (χ3n) is 2.81. The number of hydrogen-bond acceptors (Lipinski definition) is 2. The number of carbonyl (C=O) groups excluding carboxylic acids is 1. The third kappa shape index (κ3) is 4.39. The van der Waals surface area contributed by atoms with E-state index in [2.05, 4.69) is 40.3 Å². The monoisotopic (exact) mass is 349 g/mol. The van der Waals surface area contributed by atoms with Gasteiger partial charge in [0.2, 0.25) is 5.91 Å². The Morgan fingerprint density at radius 3 is 2.30 bits per heavy atom. The second-order valence-electron chi connectivity index (χ2n) is 4.57. The Balaban J connectivity index is 1.94. The molecule has 2 aromatic rings.